The molecule has 4 aromatic rings. The lowest BCUT2D eigenvalue weighted by Crippen LogP contribution is -2.75. The van der Waals surface area contributed by atoms with Crippen LogP contribution in [0.3, 0.4) is 0 Å². The molecule has 3 spiro atoms. The molecule has 13 aliphatic rings. The molecule has 3 aliphatic heterocycles. The fourth-order valence-corrected chi connectivity index (χ4v) is 25.0. The van der Waals surface area contributed by atoms with E-state index in [1.165, 1.54) is 36.1 Å². The number of aliphatic hydroxyl groups is 3. The summed E-state index contributed by atoms with van der Waals surface area (Å²) in [6, 6.07) is 7.17. The molecule has 0 unspecified atom stereocenters. The summed E-state index contributed by atoms with van der Waals surface area (Å²) in [6.07, 6.45) is 22.6. The summed E-state index contributed by atoms with van der Waals surface area (Å²) in [7, 11) is 2.08. The summed E-state index contributed by atoms with van der Waals surface area (Å²) in [5.74, 6) is 7.44. The van der Waals surface area contributed by atoms with E-state index in [2.05, 4.69) is 96.3 Å². The topological polar surface area (TPSA) is 182 Å². The van der Waals surface area contributed by atoms with Gasteiger partial charge in [-0.15, -0.1) is 11.8 Å². The van der Waals surface area contributed by atoms with E-state index < -0.39 is 67.7 Å². The van der Waals surface area contributed by atoms with Gasteiger partial charge in [-0.2, -0.15) is 0 Å². The highest BCUT2D eigenvalue weighted by molar-refractivity contribution is 6.02. The Morgan fingerprint density at radius 3 is 2.44 bits per heavy atom. The zero-order valence-electron chi connectivity index (χ0n) is 52.6. The van der Waals surface area contributed by atoms with Gasteiger partial charge in [-0.3, -0.25) is 14.4 Å². The number of rotatable bonds is 7. The number of nitrogens with zero attached hydrogens (tertiary/aromatic N) is 1. The number of nitrogens with one attached hydrogen (secondary N) is 3. The molecule has 2 saturated heterocycles. The number of ketones is 3. The third-order valence-electron chi connectivity index (χ3n) is 28.9. The number of aromatic nitrogens is 3. The van der Waals surface area contributed by atoms with Crippen molar-refractivity contribution in [2.45, 2.75) is 248 Å². The second kappa shape index (κ2) is 19.0. The first-order valence-corrected chi connectivity index (χ1v) is 34.6. The van der Waals surface area contributed by atoms with E-state index in [0.29, 0.717) is 95.2 Å². The van der Waals surface area contributed by atoms with Crippen molar-refractivity contribution in [2.75, 3.05) is 20.3 Å². The predicted molar refractivity (Wildman–Crippen MR) is 332 cm³/mol. The molecule has 12 heteroatoms. The van der Waals surface area contributed by atoms with E-state index in [-0.39, 0.29) is 47.4 Å². The molecule has 10 aliphatic carbocycles. The zero-order chi connectivity index (χ0) is 59.7. The van der Waals surface area contributed by atoms with Crippen molar-refractivity contribution < 1.29 is 39.2 Å². The molecule has 17 rings (SSSR count). The number of H-pyrrole nitrogens is 2. The van der Waals surface area contributed by atoms with Crippen LogP contribution in [0.5, 0.6) is 0 Å². The van der Waals surface area contributed by atoms with E-state index in [9.17, 15) is 10.2 Å². The van der Waals surface area contributed by atoms with E-state index in [0.717, 1.165) is 121 Å². The van der Waals surface area contributed by atoms with Gasteiger partial charge in [-0.1, -0.05) is 58.6 Å². The highest BCUT2D eigenvalue weighted by Gasteiger charge is 2.82. The number of carbonyl (C=O) groups excluding carboxylic acids is 3. The maximum atomic E-state index is 16.6. The van der Waals surface area contributed by atoms with Gasteiger partial charge in [0.2, 0.25) is 0 Å². The van der Waals surface area contributed by atoms with Gasteiger partial charge in [0.1, 0.15) is 17.7 Å². The van der Waals surface area contributed by atoms with Gasteiger partial charge in [-0.25, -0.2) is 0 Å². The summed E-state index contributed by atoms with van der Waals surface area (Å²) < 4.78 is 14.6. The molecular formula is C75H94N4O8. The second-order valence-corrected chi connectivity index (χ2v) is 32.6. The quantitative estimate of drug-likeness (QED) is 0.0775. The number of benzene rings is 1. The van der Waals surface area contributed by atoms with Crippen molar-refractivity contribution >= 4 is 28.4 Å². The Morgan fingerprint density at radius 2 is 1.66 bits per heavy atom. The van der Waals surface area contributed by atoms with Crippen LogP contribution < -0.4 is 5.32 Å². The van der Waals surface area contributed by atoms with Gasteiger partial charge in [0.25, 0.3) is 0 Å². The molecule has 6 heterocycles. The first-order chi connectivity index (χ1) is 41.8. The summed E-state index contributed by atoms with van der Waals surface area (Å²) in [4.78, 5) is 56.1. The van der Waals surface area contributed by atoms with Gasteiger partial charge in [-0.05, 0) is 195 Å². The van der Waals surface area contributed by atoms with Crippen LogP contribution in [0.15, 0.2) is 47.9 Å². The lowest BCUT2D eigenvalue weighted by molar-refractivity contribution is -0.274. The molecule has 6 saturated carbocycles. The summed E-state index contributed by atoms with van der Waals surface area (Å²) >= 11 is 0. The molecule has 87 heavy (non-hydrogen) atoms. The molecule has 462 valence electrons. The fraction of sp³-hybridized carbons (Fsp3) is 0.693. The predicted octanol–water partition coefficient (Wildman–Crippen LogP) is 12.0. The highest BCUT2D eigenvalue weighted by atomic mass is 16.6. The minimum atomic E-state index is -1.05. The molecular weight excluding hydrogens is 1080 g/mol. The Balaban J connectivity index is 0.902. The monoisotopic (exact) mass is 1180 g/mol. The van der Waals surface area contributed by atoms with Crippen LogP contribution in [0.25, 0.3) is 11.0 Å². The maximum Gasteiger partial charge on any atom is 0.160 e. The Kier molecular flexibility index (Phi) is 12.3. The van der Waals surface area contributed by atoms with E-state index in [1.807, 2.05) is 13.8 Å². The van der Waals surface area contributed by atoms with Gasteiger partial charge in [0.15, 0.2) is 5.78 Å². The Hall–Kier alpha value is -4.61. The van der Waals surface area contributed by atoms with Crippen molar-refractivity contribution in [1.82, 2.24) is 19.9 Å². The van der Waals surface area contributed by atoms with Crippen LogP contribution in [0.4, 0.5) is 0 Å². The van der Waals surface area contributed by atoms with Crippen molar-refractivity contribution in [3.05, 3.63) is 92.6 Å². The number of fused-ring (bicyclic) bond motifs is 9. The third-order valence-corrected chi connectivity index (χ3v) is 28.9. The average Bonchev–Trinajstić information content (AvgIpc) is 1.63. The highest BCUT2D eigenvalue weighted by Crippen LogP contribution is 2.85. The van der Waals surface area contributed by atoms with E-state index in [4.69, 9.17) is 9.47 Å². The molecule has 1 aromatic carbocycles. The van der Waals surface area contributed by atoms with Crippen LogP contribution in [0, 0.1) is 68.0 Å². The smallest absolute Gasteiger partial charge is 0.160 e. The van der Waals surface area contributed by atoms with Crippen LogP contribution >= 0.6 is 0 Å². The summed E-state index contributed by atoms with van der Waals surface area (Å²) in [5, 5.41) is 44.3. The Labute approximate surface area is 513 Å². The van der Waals surface area contributed by atoms with Gasteiger partial charge >= 0.3 is 0 Å². The second-order valence-electron chi connectivity index (χ2n) is 32.6. The third kappa shape index (κ3) is 7.28. The maximum absolute atomic E-state index is 16.6. The average molecular weight is 1180 g/mol. The largest absolute Gasteiger partial charge is 0.392 e. The number of allylic oxidation sites excluding steroid dienone is 1. The Morgan fingerprint density at radius 1 is 0.862 bits per heavy atom. The molecule has 0 amide bonds. The molecule has 17 atom stereocenters. The van der Waals surface area contributed by atoms with Crippen LogP contribution in [-0.4, -0.2) is 97.4 Å². The zero-order valence-corrected chi connectivity index (χ0v) is 52.6. The molecule has 6 N–H and O–H groups in total. The molecule has 8 fully saturated rings. The van der Waals surface area contributed by atoms with Crippen LogP contribution in [-0.2, 0) is 48.8 Å². The van der Waals surface area contributed by atoms with Gasteiger partial charge in [0, 0.05) is 122 Å². The minimum Gasteiger partial charge on any atom is -0.392 e. The van der Waals surface area contributed by atoms with Crippen molar-refractivity contribution in [1.29, 1.82) is 0 Å². The summed E-state index contributed by atoms with van der Waals surface area (Å²) in [5.41, 5.74) is 7.49. The van der Waals surface area contributed by atoms with E-state index >= 15 is 19.5 Å². The van der Waals surface area contributed by atoms with Crippen molar-refractivity contribution in [3.8, 4) is 11.8 Å². The number of aromatic amines is 2. The number of aliphatic hydroxyl groups excluding tert-OH is 2. The number of ether oxygens (including phenoxy) is 2. The number of Topliss-reactive ketones (excluding diaryl/α,β-unsaturated/α-hetero) is 3. The number of hydrogen-bond acceptors (Lipinski definition) is 9. The number of hydrogen-bond donors (Lipinski definition) is 6. The number of carbonyl (C=O) groups is 3. The van der Waals surface area contributed by atoms with E-state index in [1.54, 1.807) is 0 Å². The lowest BCUT2D eigenvalue weighted by Gasteiger charge is -2.77. The van der Waals surface area contributed by atoms with Crippen molar-refractivity contribution in [2.24, 2.45) is 56.2 Å². The minimum absolute atomic E-state index is 0.0239. The normalized spacial score (nSPS) is 42.5. The SMILES string of the molecule is CN[C@@H]1CCC[C@@]2(C1)C(=O)[C@@H]1c3cc[nH]c3[C@H]3CC[C@@]1(C3)[C@]1(C)[C@H]2CC[C@]23CC#CC[C@@H]4Cc5c[nH]c6c([C@H]7C(=O)CCc8c7cc(C7CCCCC7)cc8C7(O)CCOCC7)cn(c56)C[C@H](C5=C(C(=O)C[C@@]52C)[C@]4(C)C[C@@H](O)[C@H]2OC2(C)C)[C@@H](O)[C@@H]31. The first-order valence-electron chi connectivity index (χ1n) is 34.6. The Bertz CT molecular complexity index is 3690. The standard InChI is InChI=1S/C75H94N4O8/c1-68(2)67(87-68)55(82)36-69(3)45-15-10-11-23-73-25-20-56-71(5,74-24-19-42(34-74)61-48(21-28-77-61)59(74)66(84)72(56)22-12-16-46(35-72)76-6)65(73)64(83)51(58-60(69)54(81)37-70(58,73)4)40-79-39-50(62-63(79)44(31-45)38-78-62)57-49-32-43(41-13-8-7-9-14-41)33-52(47(49)17-18-53(57)80)75(85)26-29-86-30-27-75/h21,28,32-33,38-39,41-42,45-46,51,55-57,59,64-65,67,76-78,82-83,85H,7-9,12-20,22-27,29-31,34-37,40H2,1-6H3/t42-,45+,46+,51+,55+,56+,57-,59-,64+,65+,67+,69+,70-,71+,72-,73-,74-/m0/s1. The van der Waals surface area contributed by atoms with Crippen LogP contribution in [0.2, 0.25) is 0 Å². The van der Waals surface area contributed by atoms with Gasteiger partial charge in [0.05, 0.1) is 46.3 Å². The van der Waals surface area contributed by atoms with Gasteiger partial charge < -0.3 is 44.6 Å². The molecule has 12 nitrogen and oxygen atoms in total. The summed E-state index contributed by atoms with van der Waals surface area (Å²) in [6.45, 7) is 12.8. The fourth-order valence-electron chi connectivity index (χ4n) is 25.0. The number of epoxide rings is 1. The lowest BCUT2D eigenvalue weighted by atomic mass is 9.26. The molecule has 3 aromatic heterocycles. The van der Waals surface area contributed by atoms with Crippen LogP contribution in [0.1, 0.15) is 238 Å². The van der Waals surface area contributed by atoms with Crippen molar-refractivity contribution in [3.63, 3.8) is 0 Å². The first kappa shape index (κ1) is 56.4. The molecule has 7 bridgehead atoms. The molecule has 0 radical (unpaired) electrons.